The Bertz CT molecular complexity index is 1390. The maximum absolute atomic E-state index is 12.7. The summed E-state index contributed by atoms with van der Waals surface area (Å²) < 4.78 is 0.941. The van der Waals surface area contributed by atoms with E-state index in [9.17, 15) is 14.4 Å². The molecule has 0 bridgehead atoms. The van der Waals surface area contributed by atoms with Crippen LogP contribution in [0, 0.1) is 13.8 Å². The molecule has 0 atom stereocenters. The minimum atomic E-state index is -0.775. The fourth-order valence-corrected chi connectivity index (χ4v) is 4.01. The fraction of sp³-hybridized carbons (Fsp3) is 0.136. The van der Waals surface area contributed by atoms with Crippen LogP contribution in [0.1, 0.15) is 21.6 Å². The summed E-state index contributed by atoms with van der Waals surface area (Å²) in [6, 6.07) is 12.6. The Balaban J connectivity index is 1.59. The Morgan fingerprint density at radius 2 is 1.87 bits per heavy atom. The van der Waals surface area contributed by atoms with Gasteiger partial charge in [-0.1, -0.05) is 35.9 Å². The molecule has 0 aliphatic rings. The van der Waals surface area contributed by atoms with Gasteiger partial charge in [0.2, 0.25) is 5.91 Å². The summed E-state index contributed by atoms with van der Waals surface area (Å²) in [5.74, 6) is -1.26. The summed E-state index contributed by atoms with van der Waals surface area (Å²) in [4.78, 5) is 41.5. The van der Waals surface area contributed by atoms with Crippen molar-refractivity contribution < 1.29 is 9.59 Å². The van der Waals surface area contributed by atoms with Crippen molar-refractivity contribution in [3.63, 3.8) is 0 Å². The van der Waals surface area contributed by atoms with Crippen LogP contribution < -0.4 is 16.6 Å². The normalized spacial score (nSPS) is 10.9. The molecule has 156 valence electrons. The van der Waals surface area contributed by atoms with E-state index in [1.165, 1.54) is 11.3 Å². The minimum absolute atomic E-state index is 0.0607. The number of benzene rings is 2. The molecular weight excluding hydrogens is 414 g/mol. The highest BCUT2D eigenvalue weighted by atomic mass is 32.1. The molecule has 2 amide bonds. The molecule has 4 rings (SSSR count). The number of aromatic nitrogens is 3. The van der Waals surface area contributed by atoms with Crippen LogP contribution in [0.3, 0.4) is 0 Å². The molecule has 0 saturated carbocycles. The van der Waals surface area contributed by atoms with E-state index < -0.39 is 17.4 Å². The lowest BCUT2D eigenvalue weighted by atomic mass is 10.0. The Morgan fingerprint density at radius 3 is 2.61 bits per heavy atom. The summed E-state index contributed by atoms with van der Waals surface area (Å²) in [5.41, 5.74) is 8.83. The third-order valence-corrected chi connectivity index (χ3v) is 5.57. The molecule has 31 heavy (non-hydrogen) atoms. The first-order valence-electron chi connectivity index (χ1n) is 9.46. The van der Waals surface area contributed by atoms with E-state index >= 15 is 0 Å². The number of anilines is 1. The first-order valence-corrected chi connectivity index (χ1v) is 10.3. The number of thiazole rings is 1. The van der Waals surface area contributed by atoms with Gasteiger partial charge in [0.15, 0.2) is 10.8 Å². The highest BCUT2D eigenvalue weighted by Gasteiger charge is 2.17. The van der Waals surface area contributed by atoms with Gasteiger partial charge in [0.25, 0.3) is 11.5 Å². The third-order valence-electron chi connectivity index (χ3n) is 4.81. The van der Waals surface area contributed by atoms with Crippen LogP contribution in [-0.2, 0) is 11.3 Å². The number of nitrogens with one attached hydrogen (secondary N) is 1. The van der Waals surface area contributed by atoms with Gasteiger partial charge in [0.1, 0.15) is 6.54 Å². The van der Waals surface area contributed by atoms with Crippen molar-refractivity contribution in [1.29, 1.82) is 0 Å². The molecule has 0 saturated heterocycles. The molecular formula is C22H19N5O3S. The molecule has 2 aromatic heterocycles. The average molecular weight is 433 g/mol. The molecule has 8 nitrogen and oxygen atoms in total. The average Bonchev–Trinajstić information content (AvgIpc) is 3.19. The maximum atomic E-state index is 12.7. The van der Waals surface area contributed by atoms with Gasteiger partial charge in [-0.05, 0) is 31.5 Å². The number of rotatable bonds is 5. The van der Waals surface area contributed by atoms with E-state index in [2.05, 4.69) is 15.4 Å². The lowest BCUT2D eigenvalue weighted by Gasteiger charge is -2.09. The van der Waals surface area contributed by atoms with Crippen LogP contribution in [0.25, 0.3) is 22.0 Å². The van der Waals surface area contributed by atoms with Crippen molar-refractivity contribution in [3.05, 3.63) is 75.0 Å². The number of aryl methyl sites for hydroxylation is 2. The topological polar surface area (TPSA) is 120 Å². The van der Waals surface area contributed by atoms with Crippen LogP contribution in [0.5, 0.6) is 0 Å². The van der Waals surface area contributed by atoms with Gasteiger partial charge in [-0.15, -0.1) is 11.3 Å². The van der Waals surface area contributed by atoms with E-state index in [4.69, 9.17) is 5.73 Å². The molecule has 0 fully saturated rings. The number of carbonyl (C=O) groups is 2. The molecule has 2 heterocycles. The molecule has 0 spiro atoms. The monoisotopic (exact) mass is 433 g/mol. The smallest absolute Gasteiger partial charge is 0.275 e. The summed E-state index contributed by atoms with van der Waals surface area (Å²) in [7, 11) is 0. The largest absolute Gasteiger partial charge is 0.364 e. The number of primary amides is 1. The Labute approximate surface area is 181 Å². The van der Waals surface area contributed by atoms with Crippen LogP contribution in [0.15, 0.2) is 52.6 Å². The standard InChI is InChI=1S/C22H19N5O3S/c1-12-7-8-13(2)16(9-12)17-11-31-22(24-17)25-18(28)10-27-21(30)15-6-4-3-5-14(15)19(26-27)20(23)29/h3-9,11H,10H2,1-2H3,(H2,23,29)(H,24,25,28). The zero-order valence-electron chi connectivity index (χ0n) is 16.9. The van der Waals surface area contributed by atoms with E-state index in [-0.39, 0.29) is 17.6 Å². The predicted octanol–water partition coefficient (Wildman–Crippen LogP) is 2.87. The fourth-order valence-electron chi connectivity index (χ4n) is 3.29. The van der Waals surface area contributed by atoms with E-state index in [0.717, 1.165) is 27.1 Å². The van der Waals surface area contributed by atoms with Crippen molar-refractivity contribution in [3.8, 4) is 11.3 Å². The number of nitrogens with two attached hydrogens (primary N) is 1. The van der Waals surface area contributed by atoms with E-state index in [1.807, 2.05) is 37.4 Å². The number of nitrogens with zero attached hydrogens (tertiary/aromatic N) is 3. The second-order valence-corrected chi connectivity index (χ2v) is 7.98. The Hall–Kier alpha value is -3.85. The molecule has 0 unspecified atom stereocenters. The van der Waals surface area contributed by atoms with Gasteiger partial charge in [0, 0.05) is 16.3 Å². The van der Waals surface area contributed by atoms with Gasteiger partial charge < -0.3 is 11.1 Å². The molecule has 9 heteroatoms. The molecule has 3 N–H and O–H groups in total. The first kappa shape index (κ1) is 20.4. The number of fused-ring (bicyclic) bond motifs is 1. The highest BCUT2D eigenvalue weighted by molar-refractivity contribution is 7.14. The molecule has 0 radical (unpaired) electrons. The summed E-state index contributed by atoms with van der Waals surface area (Å²) >= 11 is 1.29. The molecule has 4 aromatic rings. The second kappa shape index (κ2) is 8.11. The van der Waals surface area contributed by atoms with Crippen LogP contribution in [0.4, 0.5) is 5.13 Å². The third kappa shape index (κ3) is 4.08. The highest BCUT2D eigenvalue weighted by Crippen LogP contribution is 2.28. The van der Waals surface area contributed by atoms with Crippen molar-refractivity contribution >= 4 is 39.1 Å². The van der Waals surface area contributed by atoms with Crippen LogP contribution >= 0.6 is 11.3 Å². The summed E-state index contributed by atoms with van der Waals surface area (Å²) in [6.07, 6.45) is 0. The van der Waals surface area contributed by atoms with Gasteiger partial charge in [0.05, 0.1) is 11.1 Å². The first-order chi connectivity index (χ1) is 14.8. The summed E-state index contributed by atoms with van der Waals surface area (Å²) in [5, 5.41) is 9.60. The Kier molecular flexibility index (Phi) is 5.35. The van der Waals surface area contributed by atoms with Crippen molar-refractivity contribution in [2.75, 3.05) is 5.32 Å². The Morgan fingerprint density at radius 1 is 1.13 bits per heavy atom. The molecule has 0 aliphatic heterocycles. The lowest BCUT2D eigenvalue weighted by Crippen LogP contribution is -2.32. The van der Waals surface area contributed by atoms with Crippen LogP contribution in [0.2, 0.25) is 0 Å². The van der Waals surface area contributed by atoms with Crippen LogP contribution in [-0.4, -0.2) is 26.6 Å². The van der Waals surface area contributed by atoms with Crippen molar-refractivity contribution in [2.24, 2.45) is 5.73 Å². The summed E-state index contributed by atoms with van der Waals surface area (Å²) in [6.45, 7) is 3.63. The van der Waals surface area contributed by atoms with Gasteiger partial charge >= 0.3 is 0 Å². The SMILES string of the molecule is Cc1ccc(C)c(-c2csc(NC(=O)Cn3nc(C(N)=O)c4ccccc4c3=O)n2)c1. The zero-order valence-corrected chi connectivity index (χ0v) is 17.7. The van der Waals surface area contributed by atoms with Gasteiger partial charge in [-0.25, -0.2) is 9.67 Å². The molecule has 2 aromatic carbocycles. The number of hydrogen-bond acceptors (Lipinski definition) is 6. The second-order valence-electron chi connectivity index (χ2n) is 7.13. The quantitative estimate of drug-likeness (QED) is 0.501. The predicted molar refractivity (Wildman–Crippen MR) is 120 cm³/mol. The van der Waals surface area contributed by atoms with Gasteiger partial charge in [-0.3, -0.25) is 14.4 Å². The zero-order chi connectivity index (χ0) is 22.1. The number of carbonyl (C=O) groups excluding carboxylic acids is 2. The number of amides is 2. The lowest BCUT2D eigenvalue weighted by molar-refractivity contribution is -0.117. The molecule has 0 aliphatic carbocycles. The van der Waals surface area contributed by atoms with Crippen molar-refractivity contribution in [2.45, 2.75) is 20.4 Å². The minimum Gasteiger partial charge on any atom is -0.364 e. The van der Waals surface area contributed by atoms with Gasteiger partial charge in [-0.2, -0.15) is 5.10 Å². The van der Waals surface area contributed by atoms with E-state index in [1.54, 1.807) is 24.3 Å². The maximum Gasteiger partial charge on any atom is 0.275 e. The van der Waals surface area contributed by atoms with E-state index in [0.29, 0.717) is 10.5 Å². The van der Waals surface area contributed by atoms with Crippen molar-refractivity contribution in [1.82, 2.24) is 14.8 Å². The number of hydrogen-bond donors (Lipinski definition) is 2.